The molecule has 1 fully saturated rings. The topological polar surface area (TPSA) is 63.2 Å². The molecule has 0 aromatic heterocycles. The lowest BCUT2D eigenvalue weighted by Gasteiger charge is -2.33. The predicted molar refractivity (Wildman–Crippen MR) is 90.4 cm³/mol. The Balaban J connectivity index is 1.72. The first-order valence-corrected chi connectivity index (χ1v) is 8.62. The van der Waals surface area contributed by atoms with Crippen LogP contribution in [0.4, 0.5) is 0 Å². The van der Waals surface area contributed by atoms with Gasteiger partial charge in [-0.15, -0.1) is 0 Å². The predicted octanol–water partition coefficient (Wildman–Crippen LogP) is 1.57. The Hall–Kier alpha value is -1.56. The van der Waals surface area contributed by atoms with Crippen molar-refractivity contribution in [2.75, 3.05) is 46.5 Å². The Morgan fingerprint density at radius 2 is 2.26 bits per heavy atom. The lowest BCUT2D eigenvalue weighted by molar-refractivity contribution is -0.149. The van der Waals surface area contributed by atoms with E-state index in [9.17, 15) is 4.79 Å². The average Bonchev–Trinajstić information content (AvgIpc) is 2.60. The Morgan fingerprint density at radius 1 is 1.48 bits per heavy atom. The lowest BCUT2D eigenvalue weighted by Crippen LogP contribution is -2.47. The van der Waals surface area contributed by atoms with Crippen molar-refractivity contribution in [1.82, 2.24) is 10.2 Å². The zero-order chi connectivity index (χ0) is 16.5. The summed E-state index contributed by atoms with van der Waals surface area (Å²) in [6.45, 7) is 6.47. The molecule has 2 aliphatic heterocycles. The molecule has 1 saturated heterocycles. The molecule has 2 rings (SSSR count). The molecular weight excluding hydrogens is 294 g/mol. The van der Waals surface area contributed by atoms with Crippen molar-refractivity contribution < 1.29 is 14.3 Å². The Morgan fingerprint density at radius 3 is 2.87 bits per heavy atom. The molecule has 0 amide bonds. The van der Waals surface area contributed by atoms with Crippen LogP contribution in [-0.4, -0.2) is 63.3 Å². The number of ether oxygens (including phenoxy) is 2. The minimum atomic E-state index is -0.0541. The van der Waals surface area contributed by atoms with E-state index >= 15 is 0 Å². The maximum absolute atomic E-state index is 11.8. The van der Waals surface area contributed by atoms with Gasteiger partial charge in [0.05, 0.1) is 25.7 Å². The van der Waals surface area contributed by atoms with Crippen LogP contribution in [-0.2, 0) is 14.3 Å². The highest BCUT2D eigenvalue weighted by atomic mass is 16.5. The van der Waals surface area contributed by atoms with E-state index in [0.717, 1.165) is 64.5 Å². The number of aliphatic imine (C=N–C) groups is 1. The van der Waals surface area contributed by atoms with Crippen LogP contribution in [0.2, 0.25) is 0 Å². The van der Waals surface area contributed by atoms with Gasteiger partial charge in [0, 0.05) is 26.7 Å². The van der Waals surface area contributed by atoms with E-state index in [2.05, 4.69) is 21.3 Å². The fourth-order valence-electron chi connectivity index (χ4n) is 3.05. The lowest BCUT2D eigenvalue weighted by atomic mass is 9.97. The number of likely N-dealkylation sites (tertiary alicyclic amines) is 1. The van der Waals surface area contributed by atoms with Gasteiger partial charge in [0.15, 0.2) is 5.96 Å². The van der Waals surface area contributed by atoms with E-state index in [1.165, 1.54) is 5.57 Å². The molecule has 0 radical (unpaired) electrons. The molecule has 2 aliphatic rings. The standard InChI is InChI=1S/C17H29N3O3/c1-3-23-16(21)15-5-10-20(11-6-15)17(18-2)19-9-4-14-7-12-22-13-8-14/h7,15H,3-6,8-13H2,1-2H3,(H,18,19). The summed E-state index contributed by atoms with van der Waals surface area (Å²) in [4.78, 5) is 18.4. The largest absolute Gasteiger partial charge is 0.466 e. The fourth-order valence-corrected chi connectivity index (χ4v) is 3.05. The van der Waals surface area contributed by atoms with Crippen molar-refractivity contribution in [3.63, 3.8) is 0 Å². The Bertz CT molecular complexity index is 440. The first-order valence-electron chi connectivity index (χ1n) is 8.62. The minimum absolute atomic E-state index is 0.0386. The summed E-state index contributed by atoms with van der Waals surface area (Å²) in [5.74, 6) is 0.915. The molecule has 2 heterocycles. The van der Waals surface area contributed by atoms with Crippen LogP contribution >= 0.6 is 0 Å². The van der Waals surface area contributed by atoms with E-state index in [0.29, 0.717) is 6.61 Å². The zero-order valence-electron chi connectivity index (χ0n) is 14.3. The summed E-state index contributed by atoms with van der Waals surface area (Å²) in [7, 11) is 1.81. The van der Waals surface area contributed by atoms with Gasteiger partial charge in [0.2, 0.25) is 0 Å². The normalized spacial score (nSPS) is 20.2. The molecule has 0 atom stereocenters. The van der Waals surface area contributed by atoms with E-state index in [-0.39, 0.29) is 11.9 Å². The van der Waals surface area contributed by atoms with Crippen LogP contribution in [0.5, 0.6) is 0 Å². The first kappa shape index (κ1) is 17.8. The number of rotatable bonds is 5. The van der Waals surface area contributed by atoms with Crippen molar-refractivity contribution in [2.24, 2.45) is 10.9 Å². The quantitative estimate of drug-likeness (QED) is 0.360. The molecule has 0 unspecified atom stereocenters. The van der Waals surface area contributed by atoms with Crippen molar-refractivity contribution in [3.8, 4) is 0 Å². The van der Waals surface area contributed by atoms with Gasteiger partial charge in [-0.1, -0.05) is 11.6 Å². The van der Waals surface area contributed by atoms with Gasteiger partial charge in [-0.2, -0.15) is 0 Å². The molecule has 0 aromatic carbocycles. The number of guanidine groups is 1. The highest BCUT2D eigenvalue weighted by Crippen LogP contribution is 2.19. The second-order valence-corrected chi connectivity index (χ2v) is 5.92. The molecule has 6 nitrogen and oxygen atoms in total. The molecular formula is C17H29N3O3. The van der Waals surface area contributed by atoms with Gasteiger partial charge in [0.25, 0.3) is 0 Å². The highest BCUT2D eigenvalue weighted by Gasteiger charge is 2.27. The van der Waals surface area contributed by atoms with E-state index in [1.54, 1.807) is 0 Å². The summed E-state index contributed by atoms with van der Waals surface area (Å²) in [6.07, 6.45) is 5.91. The summed E-state index contributed by atoms with van der Waals surface area (Å²) >= 11 is 0. The second-order valence-electron chi connectivity index (χ2n) is 5.92. The molecule has 0 spiro atoms. The summed E-state index contributed by atoms with van der Waals surface area (Å²) in [5, 5.41) is 3.43. The van der Waals surface area contributed by atoms with Crippen LogP contribution < -0.4 is 5.32 Å². The van der Waals surface area contributed by atoms with Gasteiger partial charge < -0.3 is 19.7 Å². The molecule has 23 heavy (non-hydrogen) atoms. The number of nitrogens with zero attached hydrogens (tertiary/aromatic N) is 2. The molecule has 0 saturated carbocycles. The van der Waals surface area contributed by atoms with E-state index in [1.807, 2.05) is 14.0 Å². The maximum atomic E-state index is 11.8. The Labute approximate surface area is 138 Å². The fraction of sp³-hybridized carbons (Fsp3) is 0.765. The van der Waals surface area contributed by atoms with E-state index in [4.69, 9.17) is 9.47 Å². The SMILES string of the molecule is CCOC(=O)C1CCN(C(=NC)NCCC2=CCOCC2)CC1. The van der Waals surface area contributed by atoms with Crippen molar-refractivity contribution in [1.29, 1.82) is 0 Å². The van der Waals surface area contributed by atoms with Crippen molar-refractivity contribution in [3.05, 3.63) is 11.6 Å². The summed E-state index contributed by atoms with van der Waals surface area (Å²) < 4.78 is 10.4. The van der Waals surface area contributed by atoms with Crippen LogP contribution in [0, 0.1) is 5.92 Å². The number of hydrogen-bond donors (Lipinski definition) is 1. The third-order valence-corrected chi connectivity index (χ3v) is 4.41. The van der Waals surface area contributed by atoms with Crippen LogP contribution in [0.25, 0.3) is 0 Å². The maximum Gasteiger partial charge on any atom is 0.309 e. The summed E-state index contributed by atoms with van der Waals surface area (Å²) in [5.41, 5.74) is 1.46. The first-order chi connectivity index (χ1) is 11.2. The van der Waals surface area contributed by atoms with Crippen molar-refractivity contribution >= 4 is 11.9 Å². The molecule has 0 aromatic rings. The highest BCUT2D eigenvalue weighted by molar-refractivity contribution is 5.80. The van der Waals surface area contributed by atoms with Gasteiger partial charge >= 0.3 is 5.97 Å². The monoisotopic (exact) mass is 323 g/mol. The van der Waals surface area contributed by atoms with E-state index < -0.39 is 0 Å². The molecule has 0 bridgehead atoms. The number of piperidine rings is 1. The van der Waals surface area contributed by atoms with Crippen LogP contribution in [0.1, 0.15) is 32.6 Å². The smallest absolute Gasteiger partial charge is 0.309 e. The number of nitrogens with one attached hydrogen (secondary N) is 1. The minimum Gasteiger partial charge on any atom is -0.466 e. The Kier molecular flexibility index (Phi) is 7.39. The average molecular weight is 323 g/mol. The van der Waals surface area contributed by atoms with Gasteiger partial charge in [-0.25, -0.2) is 0 Å². The molecule has 130 valence electrons. The van der Waals surface area contributed by atoms with Crippen LogP contribution in [0.3, 0.4) is 0 Å². The van der Waals surface area contributed by atoms with Crippen molar-refractivity contribution in [2.45, 2.75) is 32.6 Å². The van der Waals surface area contributed by atoms with Crippen LogP contribution in [0.15, 0.2) is 16.6 Å². The van der Waals surface area contributed by atoms with Gasteiger partial charge in [-0.05, 0) is 32.6 Å². The number of carbonyl (C=O) groups excluding carboxylic acids is 1. The van der Waals surface area contributed by atoms with Gasteiger partial charge in [-0.3, -0.25) is 9.79 Å². The molecule has 1 N–H and O–H groups in total. The molecule has 6 heteroatoms. The third-order valence-electron chi connectivity index (χ3n) is 4.41. The molecule has 0 aliphatic carbocycles. The zero-order valence-corrected chi connectivity index (χ0v) is 14.3. The summed E-state index contributed by atoms with van der Waals surface area (Å²) in [6, 6.07) is 0. The number of carbonyl (C=O) groups is 1. The number of hydrogen-bond acceptors (Lipinski definition) is 4. The second kappa shape index (κ2) is 9.55. The number of esters is 1. The third kappa shape index (κ3) is 5.53. The van der Waals surface area contributed by atoms with Gasteiger partial charge in [0.1, 0.15) is 0 Å².